The van der Waals surface area contributed by atoms with Crippen LogP contribution >= 0.6 is 0 Å². The average Bonchev–Trinajstić information content (AvgIpc) is 3.20. The minimum absolute atomic E-state index is 0.0493. The molecule has 6 nitrogen and oxygen atoms in total. The van der Waals surface area contributed by atoms with Gasteiger partial charge in [-0.15, -0.1) is 0 Å². The van der Waals surface area contributed by atoms with Crippen molar-refractivity contribution in [3.05, 3.63) is 40.7 Å². The number of aliphatic hydroxyl groups is 1. The third-order valence-electron chi connectivity index (χ3n) is 7.33. The van der Waals surface area contributed by atoms with E-state index in [9.17, 15) is 32.3 Å². The summed E-state index contributed by atoms with van der Waals surface area (Å²) < 4.78 is 53.2. The van der Waals surface area contributed by atoms with Gasteiger partial charge in [0.05, 0.1) is 35.8 Å². The lowest BCUT2D eigenvalue weighted by atomic mass is 9.65. The highest BCUT2D eigenvalue weighted by Gasteiger charge is 2.56. The van der Waals surface area contributed by atoms with Gasteiger partial charge in [0.1, 0.15) is 5.82 Å². The molecule has 1 N–H and O–H groups in total. The van der Waals surface area contributed by atoms with E-state index in [1.54, 1.807) is 0 Å². The van der Waals surface area contributed by atoms with Crippen LogP contribution in [0.25, 0.3) is 10.9 Å². The zero-order chi connectivity index (χ0) is 24.0. The Bertz CT molecular complexity index is 1110. The number of fused-ring (bicyclic) bond motifs is 1. The second-order valence-corrected chi connectivity index (χ2v) is 9.59. The van der Waals surface area contributed by atoms with Gasteiger partial charge in [-0.3, -0.25) is 14.2 Å². The van der Waals surface area contributed by atoms with Gasteiger partial charge in [0.15, 0.2) is 0 Å². The molecule has 2 fully saturated rings. The van der Waals surface area contributed by atoms with Crippen molar-refractivity contribution in [1.29, 1.82) is 0 Å². The summed E-state index contributed by atoms with van der Waals surface area (Å²) in [5.41, 5.74) is -2.22. The number of halogens is 4. The Balaban J connectivity index is 1.60. The summed E-state index contributed by atoms with van der Waals surface area (Å²) in [5.74, 6) is -2.26. The van der Waals surface area contributed by atoms with Crippen LogP contribution in [0.15, 0.2) is 29.3 Å². The van der Waals surface area contributed by atoms with Crippen LogP contribution in [0.1, 0.15) is 45.4 Å². The summed E-state index contributed by atoms with van der Waals surface area (Å²) in [6.07, 6.45) is -1.30. The predicted molar refractivity (Wildman–Crippen MR) is 113 cm³/mol. The number of piperidine rings is 1. The quantitative estimate of drug-likeness (QED) is 0.694. The Morgan fingerprint density at radius 3 is 2.61 bits per heavy atom. The van der Waals surface area contributed by atoms with Crippen molar-refractivity contribution in [2.45, 2.75) is 63.8 Å². The number of aromatic nitrogens is 2. The van der Waals surface area contributed by atoms with Crippen molar-refractivity contribution in [3.63, 3.8) is 0 Å². The molecule has 2 aromatic rings. The van der Waals surface area contributed by atoms with Gasteiger partial charge < -0.3 is 10.0 Å². The van der Waals surface area contributed by atoms with E-state index in [0.717, 1.165) is 12.8 Å². The van der Waals surface area contributed by atoms with Crippen molar-refractivity contribution in [2.24, 2.45) is 11.3 Å². The maximum absolute atomic E-state index is 13.5. The van der Waals surface area contributed by atoms with Crippen molar-refractivity contribution in [1.82, 2.24) is 14.5 Å². The molecule has 10 heteroatoms. The Morgan fingerprint density at radius 2 is 1.94 bits per heavy atom. The molecule has 1 aliphatic carbocycles. The zero-order valence-electron chi connectivity index (χ0n) is 18.4. The van der Waals surface area contributed by atoms with Crippen LogP contribution in [-0.2, 0) is 11.3 Å². The van der Waals surface area contributed by atoms with Gasteiger partial charge in [0.2, 0.25) is 5.91 Å². The highest BCUT2D eigenvalue weighted by molar-refractivity contribution is 5.79. The first-order chi connectivity index (χ1) is 15.4. The van der Waals surface area contributed by atoms with E-state index >= 15 is 0 Å². The standard InChI is InChI=1S/C23H27F4N3O3/c1-15(11-23(25,26)27)19(31)29-9-8-22(33,21(12-29)6-2-3-7-21)13-30-14-28-18-10-16(24)4-5-17(18)20(30)32/h4-5,10,14-15,33H,2-3,6-9,11-13H2,1H3. The Morgan fingerprint density at radius 1 is 1.24 bits per heavy atom. The van der Waals surface area contributed by atoms with Gasteiger partial charge in [-0.2, -0.15) is 13.2 Å². The predicted octanol–water partition coefficient (Wildman–Crippen LogP) is 3.65. The summed E-state index contributed by atoms with van der Waals surface area (Å²) in [7, 11) is 0. The van der Waals surface area contributed by atoms with Crippen molar-refractivity contribution in [3.8, 4) is 0 Å². The third kappa shape index (κ3) is 4.49. The first kappa shape index (κ1) is 23.7. The van der Waals surface area contributed by atoms with E-state index in [1.807, 2.05) is 0 Å². The molecular formula is C23H27F4N3O3. The van der Waals surface area contributed by atoms with Gasteiger partial charge in [-0.1, -0.05) is 19.8 Å². The van der Waals surface area contributed by atoms with E-state index in [-0.39, 0.29) is 37.0 Å². The second-order valence-electron chi connectivity index (χ2n) is 9.59. The molecule has 1 saturated heterocycles. The number of rotatable bonds is 4. The Kier molecular flexibility index (Phi) is 6.01. The molecule has 1 amide bonds. The second kappa shape index (κ2) is 8.38. The third-order valence-corrected chi connectivity index (χ3v) is 7.33. The zero-order valence-corrected chi connectivity index (χ0v) is 18.4. The van der Waals surface area contributed by atoms with Gasteiger partial charge in [-0.25, -0.2) is 9.37 Å². The minimum Gasteiger partial charge on any atom is -0.387 e. The molecule has 33 heavy (non-hydrogen) atoms. The highest BCUT2D eigenvalue weighted by Crippen LogP contribution is 2.51. The van der Waals surface area contributed by atoms with Crippen LogP contribution in [0.4, 0.5) is 17.6 Å². The fraction of sp³-hybridized carbons (Fsp3) is 0.609. The van der Waals surface area contributed by atoms with Crippen LogP contribution in [0.2, 0.25) is 0 Å². The first-order valence-corrected chi connectivity index (χ1v) is 11.2. The lowest BCUT2D eigenvalue weighted by molar-refractivity contribution is -0.172. The van der Waals surface area contributed by atoms with E-state index in [4.69, 9.17) is 0 Å². The number of amides is 1. The molecule has 1 aromatic carbocycles. The summed E-state index contributed by atoms with van der Waals surface area (Å²) in [5, 5.41) is 12.0. The molecule has 2 atom stereocenters. The number of carbonyl (C=O) groups excluding carboxylic acids is 1. The maximum Gasteiger partial charge on any atom is 0.389 e. The normalized spacial score (nSPS) is 23.9. The molecular weight excluding hydrogens is 442 g/mol. The van der Waals surface area contributed by atoms with E-state index < -0.39 is 46.8 Å². The number of hydrogen-bond donors (Lipinski definition) is 1. The van der Waals surface area contributed by atoms with Crippen LogP contribution < -0.4 is 5.56 Å². The van der Waals surface area contributed by atoms with Gasteiger partial charge in [0.25, 0.3) is 5.56 Å². The maximum atomic E-state index is 13.5. The molecule has 1 spiro atoms. The molecule has 2 aliphatic rings. The molecule has 1 saturated carbocycles. The summed E-state index contributed by atoms with van der Waals surface area (Å²) >= 11 is 0. The molecule has 1 aliphatic heterocycles. The monoisotopic (exact) mass is 469 g/mol. The largest absolute Gasteiger partial charge is 0.389 e. The number of benzene rings is 1. The Labute approximate surface area is 188 Å². The SMILES string of the molecule is CC(CC(F)(F)F)C(=O)N1CCC(O)(Cn2cnc3cc(F)ccc3c2=O)C2(CCCC2)C1. The van der Waals surface area contributed by atoms with Gasteiger partial charge >= 0.3 is 6.18 Å². The molecule has 1 aromatic heterocycles. The van der Waals surface area contributed by atoms with Gasteiger partial charge in [0, 0.05) is 30.5 Å². The molecule has 0 radical (unpaired) electrons. The number of nitrogens with zero attached hydrogens (tertiary/aromatic N) is 3. The molecule has 2 heterocycles. The van der Waals surface area contributed by atoms with Crippen LogP contribution in [0.5, 0.6) is 0 Å². The molecule has 4 rings (SSSR count). The number of hydrogen-bond acceptors (Lipinski definition) is 4. The van der Waals surface area contributed by atoms with E-state index in [1.165, 1.54) is 40.9 Å². The minimum atomic E-state index is -4.43. The lowest BCUT2D eigenvalue weighted by Gasteiger charge is -2.52. The summed E-state index contributed by atoms with van der Waals surface area (Å²) in [4.78, 5) is 31.3. The van der Waals surface area contributed by atoms with Crippen molar-refractivity contribution >= 4 is 16.8 Å². The molecule has 0 bridgehead atoms. The van der Waals surface area contributed by atoms with E-state index in [0.29, 0.717) is 12.8 Å². The smallest absolute Gasteiger partial charge is 0.387 e. The number of likely N-dealkylation sites (tertiary alicyclic amines) is 1. The van der Waals surface area contributed by atoms with Crippen LogP contribution in [0, 0.1) is 17.2 Å². The summed E-state index contributed by atoms with van der Waals surface area (Å²) in [6.45, 7) is 1.50. The average molecular weight is 469 g/mol. The van der Waals surface area contributed by atoms with Crippen LogP contribution in [0.3, 0.4) is 0 Å². The van der Waals surface area contributed by atoms with Crippen LogP contribution in [-0.4, -0.2) is 50.3 Å². The van der Waals surface area contributed by atoms with E-state index in [2.05, 4.69) is 4.98 Å². The Hall–Kier alpha value is -2.49. The fourth-order valence-corrected chi connectivity index (χ4v) is 5.56. The van der Waals surface area contributed by atoms with Crippen molar-refractivity contribution in [2.75, 3.05) is 13.1 Å². The first-order valence-electron chi connectivity index (χ1n) is 11.2. The number of carbonyl (C=O) groups is 1. The number of alkyl halides is 3. The molecule has 180 valence electrons. The molecule has 2 unspecified atom stereocenters. The van der Waals surface area contributed by atoms with Gasteiger partial charge in [-0.05, 0) is 31.4 Å². The fourth-order valence-electron chi connectivity index (χ4n) is 5.56. The summed E-state index contributed by atoms with van der Waals surface area (Å²) in [6, 6.07) is 3.70. The lowest BCUT2D eigenvalue weighted by Crippen LogP contribution is -2.62. The van der Waals surface area contributed by atoms with Crippen molar-refractivity contribution < 1.29 is 27.5 Å². The highest BCUT2D eigenvalue weighted by atomic mass is 19.4. The topological polar surface area (TPSA) is 75.4 Å².